The Hall–Kier alpha value is -1.29. The van der Waals surface area contributed by atoms with Gasteiger partial charge in [0.05, 0.1) is 4.47 Å². The van der Waals surface area contributed by atoms with Gasteiger partial charge in [0.15, 0.2) is 5.76 Å². The third kappa shape index (κ3) is 3.67. The minimum absolute atomic E-state index is 0.149. The van der Waals surface area contributed by atoms with Crippen molar-refractivity contribution >= 4 is 32.8 Å². The van der Waals surface area contributed by atoms with Gasteiger partial charge in [-0.3, -0.25) is 4.79 Å². The molecule has 1 heterocycles. The fraction of sp³-hybridized carbons (Fsp3) is 0.471. The first kappa shape index (κ1) is 16.1. The van der Waals surface area contributed by atoms with E-state index in [2.05, 4.69) is 48.9 Å². The van der Waals surface area contributed by atoms with E-state index >= 15 is 0 Å². The number of rotatable bonds is 5. The summed E-state index contributed by atoms with van der Waals surface area (Å²) < 4.78 is 6.52. The number of nitrogens with one attached hydrogen (secondary N) is 1. The quantitative estimate of drug-likeness (QED) is 0.836. The molecule has 2 rings (SSSR count). The van der Waals surface area contributed by atoms with E-state index in [1.807, 2.05) is 18.2 Å². The van der Waals surface area contributed by atoms with Gasteiger partial charge < -0.3 is 9.73 Å². The van der Waals surface area contributed by atoms with Gasteiger partial charge in [-0.05, 0) is 45.8 Å². The molecule has 3 nitrogen and oxygen atoms in total. The van der Waals surface area contributed by atoms with Crippen LogP contribution in [0, 0.1) is 17.8 Å². The highest BCUT2D eigenvalue weighted by molar-refractivity contribution is 9.10. The Bertz CT molecular complexity index is 623. The van der Waals surface area contributed by atoms with E-state index in [1.54, 1.807) is 6.07 Å². The van der Waals surface area contributed by atoms with Gasteiger partial charge in [-0.1, -0.05) is 39.8 Å². The van der Waals surface area contributed by atoms with Crippen LogP contribution in [0.3, 0.4) is 0 Å². The zero-order valence-corrected chi connectivity index (χ0v) is 14.5. The van der Waals surface area contributed by atoms with Gasteiger partial charge in [-0.25, -0.2) is 0 Å². The molecule has 0 radical (unpaired) electrons. The molecule has 21 heavy (non-hydrogen) atoms. The SMILES string of the molecule is CC(C)C(CNC(=O)c1cc2cccc(Br)c2o1)C(C)C. The van der Waals surface area contributed by atoms with Crippen molar-refractivity contribution in [2.75, 3.05) is 6.54 Å². The molecule has 0 saturated heterocycles. The van der Waals surface area contributed by atoms with E-state index in [9.17, 15) is 4.79 Å². The Morgan fingerprint density at radius 2 is 1.90 bits per heavy atom. The Morgan fingerprint density at radius 3 is 2.48 bits per heavy atom. The summed E-state index contributed by atoms with van der Waals surface area (Å²) >= 11 is 3.43. The van der Waals surface area contributed by atoms with Gasteiger partial charge in [-0.2, -0.15) is 0 Å². The number of hydrogen-bond donors (Lipinski definition) is 1. The van der Waals surface area contributed by atoms with Crippen LogP contribution in [0.4, 0.5) is 0 Å². The lowest BCUT2D eigenvalue weighted by Gasteiger charge is -2.24. The predicted octanol–water partition coefficient (Wildman–Crippen LogP) is 4.85. The smallest absolute Gasteiger partial charge is 0.287 e. The van der Waals surface area contributed by atoms with Crippen molar-refractivity contribution in [3.8, 4) is 0 Å². The molecule has 2 aromatic rings. The number of carbonyl (C=O) groups is 1. The Labute approximate surface area is 134 Å². The summed E-state index contributed by atoms with van der Waals surface area (Å²) in [5.74, 6) is 1.75. The number of halogens is 1. The van der Waals surface area contributed by atoms with Gasteiger partial charge in [0.2, 0.25) is 0 Å². The lowest BCUT2D eigenvalue weighted by atomic mass is 9.85. The van der Waals surface area contributed by atoms with Crippen LogP contribution in [0.15, 0.2) is 33.2 Å². The van der Waals surface area contributed by atoms with E-state index < -0.39 is 0 Å². The second-order valence-corrected chi connectivity index (χ2v) is 6.99. The number of benzene rings is 1. The molecule has 0 aliphatic rings. The molecule has 0 fully saturated rings. The summed E-state index contributed by atoms with van der Waals surface area (Å²) in [5, 5.41) is 3.92. The molecule has 0 aliphatic heterocycles. The maximum absolute atomic E-state index is 12.3. The normalized spacial score (nSPS) is 11.8. The highest BCUT2D eigenvalue weighted by Crippen LogP contribution is 2.27. The Kier molecular flexibility index (Phi) is 5.09. The van der Waals surface area contributed by atoms with Crippen molar-refractivity contribution in [2.45, 2.75) is 27.7 Å². The van der Waals surface area contributed by atoms with Crippen LogP contribution in [0.5, 0.6) is 0 Å². The molecule has 0 saturated carbocycles. The van der Waals surface area contributed by atoms with Gasteiger partial charge in [-0.15, -0.1) is 0 Å². The highest BCUT2D eigenvalue weighted by atomic mass is 79.9. The first-order valence-electron chi connectivity index (χ1n) is 7.36. The Morgan fingerprint density at radius 1 is 1.24 bits per heavy atom. The molecule has 1 aromatic carbocycles. The van der Waals surface area contributed by atoms with Crippen molar-refractivity contribution in [1.29, 1.82) is 0 Å². The number of carbonyl (C=O) groups excluding carboxylic acids is 1. The lowest BCUT2D eigenvalue weighted by molar-refractivity contribution is 0.0911. The van der Waals surface area contributed by atoms with Crippen LogP contribution in [-0.2, 0) is 0 Å². The summed E-state index contributed by atoms with van der Waals surface area (Å²) in [6.07, 6.45) is 0. The van der Waals surface area contributed by atoms with E-state index in [-0.39, 0.29) is 5.91 Å². The minimum atomic E-state index is -0.149. The number of amides is 1. The molecule has 1 N–H and O–H groups in total. The molecular formula is C17H22BrNO2. The molecule has 0 bridgehead atoms. The van der Waals surface area contributed by atoms with Gasteiger partial charge in [0.1, 0.15) is 5.58 Å². The van der Waals surface area contributed by atoms with Crippen molar-refractivity contribution in [2.24, 2.45) is 17.8 Å². The number of hydrogen-bond acceptors (Lipinski definition) is 2. The van der Waals surface area contributed by atoms with E-state index in [0.29, 0.717) is 35.6 Å². The van der Waals surface area contributed by atoms with Crippen LogP contribution >= 0.6 is 15.9 Å². The van der Waals surface area contributed by atoms with Gasteiger partial charge >= 0.3 is 0 Å². The molecule has 0 unspecified atom stereocenters. The first-order valence-corrected chi connectivity index (χ1v) is 8.15. The summed E-state index contributed by atoms with van der Waals surface area (Å²) in [6, 6.07) is 7.55. The second-order valence-electron chi connectivity index (χ2n) is 6.13. The standard InChI is InChI=1S/C17H22BrNO2/c1-10(2)13(11(3)4)9-19-17(20)15-8-12-6-5-7-14(18)16(12)21-15/h5-8,10-11,13H,9H2,1-4H3,(H,19,20). The first-order chi connectivity index (χ1) is 9.90. The summed E-state index contributed by atoms with van der Waals surface area (Å²) in [6.45, 7) is 9.43. The largest absolute Gasteiger partial charge is 0.450 e. The third-order valence-corrected chi connectivity index (χ3v) is 4.56. The number of furan rings is 1. The third-order valence-electron chi connectivity index (χ3n) is 3.93. The lowest BCUT2D eigenvalue weighted by Crippen LogP contribution is -2.33. The monoisotopic (exact) mass is 351 g/mol. The van der Waals surface area contributed by atoms with Crippen LogP contribution in [-0.4, -0.2) is 12.5 Å². The molecule has 1 amide bonds. The minimum Gasteiger partial charge on any atom is -0.450 e. The zero-order chi connectivity index (χ0) is 15.6. The maximum Gasteiger partial charge on any atom is 0.287 e. The molecule has 4 heteroatoms. The summed E-state index contributed by atoms with van der Waals surface area (Å²) in [7, 11) is 0. The van der Waals surface area contributed by atoms with Gasteiger partial charge in [0.25, 0.3) is 5.91 Å². The van der Waals surface area contributed by atoms with Crippen molar-refractivity contribution in [1.82, 2.24) is 5.32 Å². The molecule has 114 valence electrons. The zero-order valence-electron chi connectivity index (χ0n) is 12.9. The summed E-state index contributed by atoms with van der Waals surface area (Å²) in [4.78, 5) is 12.3. The maximum atomic E-state index is 12.3. The molecular weight excluding hydrogens is 330 g/mol. The van der Waals surface area contributed by atoms with Crippen molar-refractivity contribution in [3.63, 3.8) is 0 Å². The number of fused-ring (bicyclic) bond motifs is 1. The predicted molar refractivity (Wildman–Crippen MR) is 89.4 cm³/mol. The van der Waals surface area contributed by atoms with Crippen molar-refractivity contribution < 1.29 is 9.21 Å². The molecule has 0 aliphatic carbocycles. The van der Waals surface area contributed by atoms with E-state index in [1.165, 1.54) is 0 Å². The molecule has 0 atom stereocenters. The van der Waals surface area contributed by atoms with Crippen LogP contribution in [0.25, 0.3) is 11.0 Å². The van der Waals surface area contributed by atoms with E-state index in [4.69, 9.17) is 4.42 Å². The number of para-hydroxylation sites is 1. The Balaban J connectivity index is 2.10. The average Bonchev–Trinajstić information content (AvgIpc) is 2.83. The molecule has 1 aromatic heterocycles. The van der Waals surface area contributed by atoms with Gasteiger partial charge in [0, 0.05) is 11.9 Å². The fourth-order valence-corrected chi connectivity index (χ4v) is 3.14. The average molecular weight is 352 g/mol. The fourth-order valence-electron chi connectivity index (χ4n) is 2.68. The van der Waals surface area contributed by atoms with Crippen LogP contribution < -0.4 is 5.32 Å². The van der Waals surface area contributed by atoms with E-state index in [0.717, 1.165) is 9.86 Å². The van der Waals surface area contributed by atoms with Crippen LogP contribution in [0.2, 0.25) is 0 Å². The highest BCUT2D eigenvalue weighted by Gasteiger charge is 2.20. The summed E-state index contributed by atoms with van der Waals surface area (Å²) in [5.41, 5.74) is 0.715. The second kappa shape index (κ2) is 6.65. The topological polar surface area (TPSA) is 42.2 Å². The van der Waals surface area contributed by atoms with Crippen molar-refractivity contribution in [3.05, 3.63) is 34.5 Å². The molecule has 0 spiro atoms. The van der Waals surface area contributed by atoms with Crippen LogP contribution in [0.1, 0.15) is 38.2 Å².